The molecule has 4 nitrogen and oxygen atoms in total. The van der Waals surface area contributed by atoms with Crippen LogP contribution < -0.4 is 5.73 Å². The van der Waals surface area contributed by atoms with Crippen molar-refractivity contribution in [2.45, 2.75) is 57.4 Å². The maximum atomic E-state index is 6.20. The van der Waals surface area contributed by atoms with Gasteiger partial charge < -0.3 is 10.3 Å². The molecule has 0 unspecified atom stereocenters. The quantitative estimate of drug-likeness (QED) is 0.813. The van der Waals surface area contributed by atoms with Crippen LogP contribution in [0.15, 0.2) is 12.4 Å². The number of rotatable bonds is 6. The number of likely N-dealkylation sites (N-methyl/N-ethyl adjacent to an activating group) is 1. The number of aromatic nitrogens is 2. The first-order chi connectivity index (χ1) is 9.72. The molecule has 0 saturated heterocycles. The minimum atomic E-state index is 0.233. The van der Waals surface area contributed by atoms with Crippen LogP contribution in [0.25, 0.3) is 0 Å². The largest absolute Gasteiger partial charge is 0.338 e. The van der Waals surface area contributed by atoms with Crippen molar-refractivity contribution in [1.82, 2.24) is 14.5 Å². The lowest BCUT2D eigenvalue weighted by atomic mass is 9.88. The third-order valence-electron chi connectivity index (χ3n) is 4.99. The van der Waals surface area contributed by atoms with E-state index in [2.05, 4.69) is 28.4 Å². The highest BCUT2D eigenvalue weighted by Gasteiger charge is 2.34. The van der Waals surface area contributed by atoms with Crippen molar-refractivity contribution in [2.24, 2.45) is 12.8 Å². The maximum Gasteiger partial charge on any atom is 0.109 e. The van der Waals surface area contributed by atoms with Gasteiger partial charge in [0.1, 0.15) is 5.82 Å². The molecular formula is C16H30N4. The van der Waals surface area contributed by atoms with E-state index in [9.17, 15) is 0 Å². The van der Waals surface area contributed by atoms with E-state index in [-0.39, 0.29) is 5.54 Å². The molecule has 2 rings (SSSR count). The predicted octanol–water partition coefficient (Wildman–Crippen LogP) is 2.34. The van der Waals surface area contributed by atoms with E-state index in [0.717, 1.165) is 26.1 Å². The number of hydrogen-bond acceptors (Lipinski definition) is 3. The first-order valence-corrected chi connectivity index (χ1v) is 8.13. The van der Waals surface area contributed by atoms with E-state index in [4.69, 9.17) is 5.73 Å². The molecule has 20 heavy (non-hydrogen) atoms. The topological polar surface area (TPSA) is 47.1 Å². The van der Waals surface area contributed by atoms with Crippen LogP contribution in [0.2, 0.25) is 0 Å². The van der Waals surface area contributed by atoms with Gasteiger partial charge in [-0.2, -0.15) is 0 Å². The van der Waals surface area contributed by atoms with Crippen LogP contribution in [-0.2, 0) is 13.5 Å². The van der Waals surface area contributed by atoms with E-state index in [1.165, 1.54) is 44.3 Å². The van der Waals surface area contributed by atoms with Gasteiger partial charge >= 0.3 is 0 Å². The van der Waals surface area contributed by atoms with Crippen molar-refractivity contribution in [1.29, 1.82) is 0 Å². The predicted molar refractivity (Wildman–Crippen MR) is 83.6 cm³/mol. The highest BCUT2D eigenvalue weighted by Crippen LogP contribution is 2.31. The second-order valence-corrected chi connectivity index (χ2v) is 6.13. The molecule has 114 valence electrons. The normalized spacial score (nSPS) is 19.2. The van der Waals surface area contributed by atoms with Crippen molar-refractivity contribution in [3.05, 3.63) is 18.2 Å². The summed E-state index contributed by atoms with van der Waals surface area (Å²) in [5.41, 5.74) is 6.43. The van der Waals surface area contributed by atoms with Gasteiger partial charge in [-0.15, -0.1) is 0 Å². The highest BCUT2D eigenvalue weighted by molar-refractivity contribution is 4.96. The van der Waals surface area contributed by atoms with Gasteiger partial charge in [0.2, 0.25) is 0 Å². The first-order valence-electron chi connectivity index (χ1n) is 8.13. The van der Waals surface area contributed by atoms with Crippen LogP contribution in [0, 0.1) is 0 Å². The van der Waals surface area contributed by atoms with E-state index in [1.54, 1.807) is 0 Å². The Hall–Kier alpha value is -0.870. The molecule has 2 N–H and O–H groups in total. The monoisotopic (exact) mass is 278 g/mol. The Labute approximate surface area is 123 Å². The summed E-state index contributed by atoms with van der Waals surface area (Å²) >= 11 is 0. The summed E-state index contributed by atoms with van der Waals surface area (Å²) in [4.78, 5) is 7.06. The Kier molecular flexibility index (Phi) is 5.61. The van der Waals surface area contributed by atoms with E-state index >= 15 is 0 Å². The lowest BCUT2D eigenvalue weighted by molar-refractivity contribution is 0.0840. The van der Waals surface area contributed by atoms with Gasteiger partial charge in [0.05, 0.1) is 0 Å². The minimum absolute atomic E-state index is 0.233. The number of aryl methyl sites for hydroxylation is 1. The fraction of sp³-hybridized carbons (Fsp3) is 0.812. The zero-order valence-corrected chi connectivity index (χ0v) is 13.1. The fourth-order valence-electron chi connectivity index (χ4n) is 3.64. The average molecular weight is 278 g/mol. The second kappa shape index (κ2) is 7.23. The molecule has 1 fully saturated rings. The summed E-state index contributed by atoms with van der Waals surface area (Å²) < 4.78 is 2.12. The Balaban J connectivity index is 2.02. The molecule has 1 aromatic heterocycles. The molecular weight excluding hydrogens is 248 g/mol. The van der Waals surface area contributed by atoms with Gasteiger partial charge in [0.25, 0.3) is 0 Å². The molecule has 1 heterocycles. The maximum absolute atomic E-state index is 6.20. The molecule has 0 atom stereocenters. The molecule has 1 aliphatic carbocycles. The Bertz CT molecular complexity index is 391. The van der Waals surface area contributed by atoms with E-state index in [0.29, 0.717) is 0 Å². The molecule has 0 aliphatic heterocycles. The summed E-state index contributed by atoms with van der Waals surface area (Å²) in [6, 6.07) is 0. The Morgan fingerprint density at radius 1 is 1.30 bits per heavy atom. The highest BCUT2D eigenvalue weighted by atomic mass is 15.2. The van der Waals surface area contributed by atoms with Crippen molar-refractivity contribution < 1.29 is 0 Å². The van der Waals surface area contributed by atoms with Crippen LogP contribution >= 0.6 is 0 Å². The van der Waals surface area contributed by atoms with E-state index in [1.807, 2.05) is 12.4 Å². The zero-order valence-electron chi connectivity index (χ0n) is 13.1. The number of imidazole rings is 1. The molecule has 1 aromatic rings. The second-order valence-electron chi connectivity index (χ2n) is 6.13. The fourth-order valence-corrected chi connectivity index (χ4v) is 3.64. The van der Waals surface area contributed by atoms with Gasteiger partial charge in [-0.3, -0.25) is 4.90 Å². The summed E-state index contributed by atoms with van der Waals surface area (Å²) in [5.74, 6) is 1.17. The number of nitrogens with two attached hydrogens (primary N) is 1. The number of nitrogens with zero attached hydrogens (tertiary/aromatic N) is 3. The van der Waals surface area contributed by atoms with Crippen LogP contribution in [0.4, 0.5) is 0 Å². The molecule has 0 aromatic carbocycles. The SMILES string of the molecule is CCN(CCc1nccn1C)C1(CN)CCCCCC1. The molecule has 1 saturated carbocycles. The average Bonchev–Trinajstić information content (AvgIpc) is 2.74. The van der Waals surface area contributed by atoms with Crippen LogP contribution in [-0.4, -0.2) is 39.6 Å². The summed E-state index contributed by atoms with van der Waals surface area (Å²) in [6.07, 6.45) is 12.9. The van der Waals surface area contributed by atoms with Crippen LogP contribution in [0.5, 0.6) is 0 Å². The van der Waals surface area contributed by atoms with Gasteiger partial charge in [0, 0.05) is 44.5 Å². The van der Waals surface area contributed by atoms with Crippen LogP contribution in [0.1, 0.15) is 51.3 Å². The Morgan fingerprint density at radius 2 is 2.00 bits per heavy atom. The van der Waals surface area contributed by atoms with Crippen molar-refractivity contribution >= 4 is 0 Å². The lowest BCUT2D eigenvalue weighted by Gasteiger charge is -2.43. The van der Waals surface area contributed by atoms with Crippen molar-refractivity contribution in [3.63, 3.8) is 0 Å². The van der Waals surface area contributed by atoms with Gasteiger partial charge in [-0.25, -0.2) is 4.98 Å². The van der Waals surface area contributed by atoms with Gasteiger partial charge in [-0.05, 0) is 19.4 Å². The molecule has 0 amide bonds. The van der Waals surface area contributed by atoms with E-state index < -0.39 is 0 Å². The Morgan fingerprint density at radius 3 is 2.50 bits per heavy atom. The summed E-state index contributed by atoms with van der Waals surface area (Å²) in [5, 5.41) is 0. The zero-order chi connectivity index (χ0) is 14.4. The smallest absolute Gasteiger partial charge is 0.109 e. The third kappa shape index (κ3) is 3.41. The molecule has 4 heteroatoms. The number of hydrogen-bond donors (Lipinski definition) is 1. The van der Waals surface area contributed by atoms with Crippen LogP contribution in [0.3, 0.4) is 0 Å². The van der Waals surface area contributed by atoms with Crippen molar-refractivity contribution in [2.75, 3.05) is 19.6 Å². The summed E-state index contributed by atoms with van der Waals surface area (Å²) in [6.45, 7) is 5.21. The minimum Gasteiger partial charge on any atom is -0.338 e. The van der Waals surface area contributed by atoms with Gasteiger partial charge in [-0.1, -0.05) is 32.6 Å². The summed E-state index contributed by atoms with van der Waals surface area (Å²) in [7, 11) is 2.07. The first kappa shape index (κ1) is 15.5. The molecule has 0 radical (unpaired) electrons. The van der Waals surface area contributed by atoms with Crippen molar-refractivity contribution in [3.8, 4) is 0 Å². The molecule has 1 aliphatic rings. The standard InChI is InChI=1S/C16H30N4/c1-3-20(12-8-15-18-11-13-19(15)2)16(14-17)9-6-4-5-7-10-16/h11,13H,3-10,12,14,17H2,1-2H3. The van der Waals surface area contributed by atoms with Gasteiger partial charge in [0.15, 0.2) is 0 Å². The molecule has 0 bridgehead atoms. The molecule has 0 spiro atoms. The lowest BCUT2D eigenvalue weighted by Crippen LogP contribution is -2.54. The third-order valence-corrected chi connectivity index (χ3v) is 4.99.